The Kier molecular flexibility index (Phi) is 2.96. The number of anilines is 1. The lowest BCUT2D eigenvalue weighted by Crippen LogP contribution is -2.39. The molecular weight excluding hydrogens is 286 g/mol. The van der Waals surface area contributed by atoms with E-state index in [1.54, 1.807) is 0 Å². The molecule has 0 amide bonds. The Morgan fingerprint density at radius 3 is 2.70 bits per heavy atom. The highest BCUT2D eigenvalue weighted by Crippen LogP contribution is 2.45. The summed E-state index contributed by atoms with van der Waals surface area (Å²) in [5, 5.41) is 3.40. The number of hydrogen-bond donors (Lipinski definition) is 1. The second kappa shape index (κ2) is 4.70. The van der Waals surface area contributed by atoms with Crippen LogP contribution in [0, 0.1) is 6.92 Å². The van der Waals surface area contributed by atoms with Gasteiger partial charge in [-0.05, 0) is 62.8 Å². The summed E-state index contributed by atoms with van der Waals surface area (Å²) >= 11 is 0. The van der Waals surface area contributed by atoms with Crippen molar-refractivity contribution in [3.8, 4) is 11.3 Å². The fraction of sp³-hybridized carbons (Fsp3) is 0.474. The van der Waals surface area contributed by atoms with Gasteiger partial charge in [-0.1, -0.05) is 0 Å². The highest BCUT2D eigenvalue weighted by Gasteiger charge is 2.38. The van der Waals surface area contributed by atoms with Crippen LogP contribution in [0.3, 0.4) is 0 Å². The van der Waals surface area contributed by atoms with E-state index < -0.39 is 5.41 Å². The maximum Gasteiger partial charge on any atom is 0.161 e. The van der Waals surface area contributed by atoms with Gasteiger partial charge in [-0.25, -0.2) is 4.98 Å². The summed E-state index contributed by atoms with van der Waals surface area (Å²) in [5.74, 6) is 0.260. The molecule has 120 valence electrons. The third-order valence-corrected chi connectivity index (χ3v) is 5.57. The number of hydrogen-bond acceptors (Lipinski definition) is 3. The molecule has 0 bridgehead atoms. The van der Waals surface area contributed by atoms with Crippen LogP contribution in [0.1, 0.15) is 42.7 Å². The zero-order chi connectivity index (χ0) is 16.4. The Morgan fingerprint density at radius 1 is 1.26 bits per heavy atom. The molecule has 0 radical (unpaired) electrons. The molecule has 1 N–H and O–H groups in total. The first-order chi connectivity index (χ1) is 10.9. The summed E-state index contributed by atoms with van der Waals surface area (Å²) in [6, 6.07) is 2.24. The van der Waals surface area contributed by atoms with Crippen LogP contribution < -0.4 is 5.32 Å². The fourth-order valence-corrected chi connectivity index (χ4v) is 4.16. The molecule has 0 atom stereocenters. The van der Waals surface area contributed by atoms with Gasteiger partial charge >= 0.3 is 0 Å². The predicted octanol–water partition coefficient (Wildman–Crippen LogP) is 3.16. The summed E-state index contributed by atoms with van der Waals surface area (Å²) in [6.07, 6.45) is 5.27. The van der Waals surface area contributed by atoms with Crippen LogP contribution in [0.25, 0.3) is 11.3 Å². The lowest BCUT2D eigenvalue weighted by atomic mass is 9.74. The smallest absolute Gasteiger partial charge is 0.161 e. The van der Waals surface area contributed by atoms with Crippen molar-refractivity contribution in [1.82, 2.24) is 9.55 Å². The van der Waals surface area contributed by atoms with Gasteiger partial charge in [-0.2, -0.15) is 0 Å². The minimum atomic E-state index is -0.431. The van der Waals surface area contributed by atoms with Crippen LogP contribution >= 0.6 is 0 Å². The number of aromatic nitrogens is 2. The second-order valence-electron chi connectivity index (χ2n) is 7.35. The minimum absolute atomic E-state index is 0.260. The molecular formula is C19H23N3O. The van der Waals surface area contributed by atoms with Gasteiger partial charge in [0.25, 0.3) is 0 Å². The molecule has 1 aliphatic carbocycles. The number of benzene rings is 1. The molecule has 1 aliphatic heterocycles. The van der Waals surface area contributed by atoms with E-state index in [4.69, 9.17) is 0 Å². The van der Waals surface area contributed by atoms with Gasteiger partial charge in [0.2, 0.25) is 0 Å². The molecule has 0 spiro atoms. The van der Waals surface area contributed by atoms with Gasteiger partial charge in [0.15, 0.2) is 5.78 Å². The number of nitrogens with zero attached hydrogens (tertiary/aromatic N) is 2. The first-order valence-corrected chi connectivity index (χ1v) is 8.36. The van der Waals surface area contributed by atoms with E-state index in [1.807, 2.05) is 13.4 Å². The van der Waals surface area contributed by atoms with E-state index in [-0.39, 0.29) is 5.78 Å². The summed E-state index contributed by atoms with van der Waals surface area (Å²) in [7, 11) is 2.05. The molecule has 1 aromatic heterocycles. The van der Waals surface area contributed by atoms with E-state index in [9.17, 15) is 4.79 Å². The van der Waals surface area contributed by atoms with E-state index in [2.05, 4.69) is 41.7 Å². The molecule has 4 heteroatoms. The van der Waals surface area contributed by atoms with Crippen molar-refractivity contribution in [2.24, 2.45) is 7.05 Å². The first-order valence-electron chi connectivity index (χ1n) is 8.36. The Morgan fingerprint density at radius 2 is 2.00 bits per heavy atom. The number of Topliss-reactive ketones (excluding diaryl/α,β-unsaturated/α-hetero) is 1. The SMILES string of the molecule is Cc1ncn(C)c1-c1cc2c(c3c1CCC3)NCC(=O)C2(C)C. The molecule has 2 aliphatic rings. The van der Waals surface area contributed by atoms with Crippen molar-refractivity contribution >= 4 is 11.5 Å². The van der Waals surface area contributed by atoms with Crippen LogP contribution in [0.4, 0.5) is 5.69 Å². The Balaban J connectivity index is 2.05. The lowest BCUT2D eigenvalue weighted by Gasteiger charge is -2.34. The summed E-state index contributed by atoms with van der Waals surface area (Å²) in [4.78, 5) is 16.9. The van der Waals surface area contributed by atoms with Crippen LogP contribution in [-0.2, 0) is 30.1 Å². The van der Waals surface area contributed by atoms with Crippen molar-refractivity contribution in [1.29, 1.82) is 0 Å². The fourth-order valence-electron chi connectivity index (χ4n) is 4.16. The quantitative estimate of drug-likeness (QED) is 0.880. The van der Waals surface area contributed by atoms with Crippen LogP contribution in [-0.4, -0.2) is 21.9 Å². The van der Waals surface area contributed by atoms with Gasteiger partial charge in [-0.3, -0.25) is 4.79 Å². The highest BCUT2D eigenvalue weighted by atomic mass is 16.1. The van der Waals surface area contributed by atoms with E-state index in [1.165, 1.54) is 34.5 Å². The average molecular weight is 309 g/mol. The number of nitrogens with one attached hydrogen (secondary N) is 1. The Bertz CT molecular complexity index is 810. The number of carbonyl (C=O) groups is 1. The number of ketones is 1. The van der Waals surface area contributed by atoms with Gasteiger partial charge in [0.05, 0.1) is 29.7 Å². The maximum absolute atomic E-state index is 12.4. The Labute approximate surface area is 136 Å². The molecule has 0 unspecified atom stereocenters. The third kappa shape index (κ3) is 1.90. The summed E-state index contributed by atoms with van der Waals surface area (Å²) in [5.41, 5.74) is 8.27. The zero-order valence-electron chi connectivity index (χ0n) is 14.3. The lowest BCUT2D eigenvalue weighted by molar-refractivity contribution is -0.122. The largest absolute Gasteiger partial charge is 0.377 e. The molecule has 0 fully saturated rings. The normalized spacial score (nSPS) is 18.5. The summed E-state index contributed by atoms with van der Waals surface area (Å²) < 4.78 is 2.10. The molecule has 4 nitrogen and oxygen atoms in total. The number of imidazole rings is 1. The zero-order valence-corrected chi connectivity index (χ0v) is 14.3. The van der Waals surface area contributed by atoms with Gasteiger partial charge < -0.3 is 9.88 Å². The number of aryl methyl sites for hydroxylation is 2. The first kappa shape index (κ1) is 14.5. The van der Waals surface area contributed by atoms with Crippen molar-refractivity contribution in [3.63, 3.8) is 0 Å². The van der Waals surface area contributed by atoms with E-state index >= 15 is 0 Å². The van der Waals surface area contributed by atoms with Crippen molar-refractivity contribution in [2.45, 2.75) is 45.4 Å². The highest BCUT2D eigenvalue weighted by molar-refractivity contribution is 5.98. The predicted molar refractivity (Wildman–Crippen MR) is 91.9 cm³/mol. The maximum atomic E-state index is 12.4. The average Bonchev–Trinajstić information content (AvgIpc) is 3.10. The standard InChI is InChI=1S/C19H23N3O/c1-11-18(22(4)10-21-11)14-8-15-17(13-7-5-6-12(13)14)20-9-16(23)19(15,2)3/h8,10,20H,5-7,9H2,1-4H3. The molecule has 0 saturated heterocycles. The van der Waals surface area contributed by atoms with Gasteiger partial charge in [-0.15, -0.1) is 0 Å². The van der Waals surface area contributed by atoms with Crippen molar-refractivity contribution in [3.05, 3.63) is 34.8 Å². The molecule has 1 aromatic carbocycles. The number of rotatable bonds is 1. The van der Waals surface area contributed by atoms with E-state index in [0.717, 1.165) is 24.1 Å². The number of fused-ring (bicyclic) bond motifs is 3. The van der Waals surface area contributed by atoms with Gasteiger partial charge in [0, 0.05) is 18.3 Å². The molecule has 23 heavy (non-hydrogen) atoms. The van der Waals surface area contributed by atoms with Crippen LogP contribution in [0.5, 0.6) is 0 Å². The molecule has 4 rings (SSSR count). The number of carbonyl (C=O) groups excluding carboxylic acids is 1. The molecule has 2 heterocycles. The van der Waals surface area contributed by atoms with E-state index in [0.29, 0.717) is 6.54 Å². The second-order valence-corrected chi connectivity index (χ2v) is 7.35. The summed E-state index contributed by atoms with van der Waals surface area (Å²) in [6.45, 7) is 6.60. The molecule has 2 aromatic rings. The topological polar surface area (TPSA) is 46.9 Å². The minimum Gasteiger partial charge on any atom is -0.377 e. The van der Waals surface area contributed by atoms with Gasteiger partial charge in [0.1, 0.15) is 0 Å². The monoisotopic (exact) mass is 309 g/mol. The van der Waals surface area contributed by atoms with Crippen LogP contribution in [0.2, 0.25) is 0 Å². The Hall–Kier alpha value is -2.10. The molecule has 0 saturated carbocycles. The van der Waals surface area contributed by atoms with Crippen molar-refractivity contribution < 1.29 is 4.79 Å². The third-order valence-electron chi connectivity index (χ3n) is 5.57. The van der Waals surface area contributed by atoms with Crippen molar-refractivity contribution in [2.75, 3.05) is 11.9 Å². The van der Waals surface area contributed by atoms with Crippen LogP contribution in [0.15, 0.2) is 12.4 Å².